The van der Waals surface area contributed by atoms with Crippen LogP contribution in [0.2, 0.25) is 0 Å². The average molecular weight is 368 g/mol. The summed E-state index contributed by atoms with van der Waals surface area (Å²) in [5.41, 5.74) is 0.741. The second-order valence-corrected chi connectivity index (χ2v) is 5.87. The molecule has 0 saturated carbocycles. The number of alkyl halides is 3. The van der Waals surface area contributed by atoms with E-state index >= 15 is 0 Å². The van der Waals surface area contributed by atoms with E-state index in [4.69, 9.17) is 9.47 Å². The second kappa shape index (κ2) is 6.98. The molecule has 0 amide bonds. The van der Waals surface area contributed by atoms with Crippen LogP contribution in [0.15, 0.2) is 22.7 Å². The highest BCUT2D eigenvalue weighted by atomic mass is 79.9. The van der Waals surface area contributed by atoms with Crippen LogP contribution >= 0.6 is 15.9 Å². The SMILES string of the molecule is COC1CCN(Cc2cccc(Br)c2OCC(F)(F)F)C1. The highest BCUT2D eigenvalue weighted by Crippen LogP contribution is 2.32. The van der Waals surface area contributed by atoms with Gasteiger partial charge in [-0.25, -0.2) is 0 Å². The third-order valence-electron chi connectivity index (χ3n) is 3.39. The largest absolute Gasteiger partial charge is 0.483 e. The molecule has 3 nitrogen and oxygen atoms in total. The Kier molecular flexibility index (Phi) is 5.51. The van der Waals surface area contributed by atoms with Gasteiger partial charge in [0.2, 0.25) is 0 Å². The van der Waals surface area contributed by atoms with Crippen LogP contribution in [-0.4, -0.2) is 44.0 Å². The van der Waals surface area contributed by atoms with Gasteiger partial charge in [-0.05, 0) is 28.4 Å². The molecule has 0 aliphatic carbocycles. The molecule has 118 valence electrons. The van der Waals surface area contributed by atoms with Gasteiger partial charge in [-0.2, -0.15) is 13.2 Å². The summed E-state index contributed by atoms with van der Waals surface area (Å²) in [7, 11) is 1.67. The Bertz CT molecular complexity index is 482. The third kappa shape index (κ3) is 4.86. The number of halogens is 4. The van der Waals surface area contributed by atoms with Crippen molar-refractivity contribution in [2.24, 2.45) is 0 Å². The number of ether oxygens (including phenoxy) is 2. The molecule has 1 unspecified atom stereocenters. The molecule has 0 spiro atoms. The molecule has 1 aliphatic heterocycles. The monoisotopic (exact) mass is 367 g/mol. The van der Waals surface area contributed by atoms with Crippen LogP contribution in [0, 0.1) is 0 Å². The van der Waals surface area contributed by atoms with Gasteiger partial charge >= 0.3 is 6.18 Å². The first kappa shape index (κ1) is 16.6. The number of hydrogen-bond acceptors (Lipinski definition) is 3. The summed E-state index contributed by atoms with van der Waals surface area (Å²) in [4.78, 5) is 2.15. The summed E-state index contributed by atoms with van der Waals surface area (Å²) in [6.07, 6.45) is -3.22. The van der Waals surface area contributed by atoms with E-state index in [1.165, 1.54) is 0 Å². The van der Waals surface area contributed by atoms with Crippen LogP contribution in [-0.2, 0) is 11.3 Å². The van der Waals surface area contributed by atoms with Gasteiger partial charge < -0.3 is 9.47 Å². The van der Waals surface area contributed by atoms with Crippen molar-refractivity contribution in [2.45, 2.75) is 25.2 Å². The number of rotatable bonds is 5. The third-order valence-corrected chi connectivity index (χ3v) is 4.01. The zero-order valence-electron chi connectivity index (χ0n) is 11.6. The van der Waals surface area contributed by atoms with Gasteiger partial charge in [0.15, 0.2) is 6.61 Å². The normalized spacial score (nSPS) is 20.0. The molecular formula is C14H17BrF3NO2. The lowest BCUT2D eigenvalue weighted by Gasteiger charge is -2.19. The highest BCUT2D eigenvalue weighted by molar-refractivity contribution is 9.10. The predicted molar refractivity (Wildman–Crippen MR) is 76.4 cm³/mol. The van der Waals surface area contributed by atoms with Gasteiger partial charge in [-0.15, -0.1) is 0 Å². The quantitative estimate of drug-likeness (QED) is 0.793. The van der Waals surface area contributed by atoms with Crippen molar-refractivity contribution >= 4 is 15.9 Å². The molecule has 1 aliphatic rings. The highest BCUT2D eigenvalue weighted by Gasteiger charge is 2.30. The molecule has 1 saturated heterocycles. The Labute approximate surface area is 130 Å². The maximum Gasteiger partial charge on any atom is 0.422 e. The Morgan fingerprint density at radius 2 is 2.14 bits per heavy atom. The fourth-order valence-corrected chi connectivity index (χ4v) is 2.89. The first-order valence-electron chi connectivity index (χ1n) is 6.61. The number of nitrogens with zero attached hydrogens (tertiary/aromatic N) is 1. The molecule has 0 N–H and O–H groups in total. The first-order valence-corrected chi connectivity index (χ1v) is 7.40. The number of benzene rings is 1. The van der Waals surface area contributed by atoms with Crippen molar-refractivity contribution < 1.29 is 22.6 Å². The molecule has 0 radical (unpaired) electrons. The van der Waals surface area contributed by atoms with Crippen molar-refractivity contribution in [2.75, 3.05) is 26.8 Å². The van der Waals surface area contributed by atoms with E-state index in [-0.39, 0.29) is 11.9 Å². The zero-order chi connectivity index (χ0) is 15.5. The van der Waals surface area contributed by atoms with Gasteiger partial charge in [0.1, 0.15) is 5.75 Å². The Morgan fingerprint density at radius 1 is 1.38 bits per heavy atom. The van der Waals surface area contributed by atoms with Gasteiger partial charge in [0.05, 0.1) is 10.6 Å². The topological polar surface area (TPSA) is 21.7 Å². The number of likely N-dealkylation sites (tertiary alicyclic amines) is 1. The molecule has 1 heterocycles. The van der Waals surface area contributed by atoms with Crippen LogP contribution in [0.3, 0.4) is 0 Å². The minimum atomic E-state index is -4.35. The summed E-state index contributed by atoms with van der Waals surface area (Å²) >= 11 is 3.25. The number of para-hydroxylation sites is 1. The molecule has 0 aromatic heterocycles. The van der Waals surface area contributed by atoms with Crippen molar-refractivity contribution in [3.05, 3.63) is 28.2 Å². The number of methoxy groups -OCH3 is 1. The molecule has 0 bridgehead atoms. The number of hydrogen-bond donors (Lipinski definition) is 0. The van der Waals surface area contributed by atoms with Crippen molar-refractivity contribution in [1.82, 2.24) is 4.90 Å². The van der Waals surface area contributed by atoms with Crippen molar-refractivity contribution in [3.63, 3.8) is 0 Å². The van der Waals surface area contributed by atoms with Crippen LogP contribution in [0.25, 0.3) is 0 Å². The zero-order valence-corrected chi connectivity index (χ0v) is 13.2. The van der Waals surface area contributed by atoms with Crippen LogP contribution in [0.5, 0.6) is 5.75 Å². The van der Waals surface area contributed by atoms with Crippen LogP contribution < -0.4 is 4.74 Å². The van der Waals surface area contributed by atoms with E-state index in [2.05, 4.69) is 20.8 Å². The van der Waals surface area contributed by atoms with E-state index in [1.807, 2.05) is 0 Å². The predicted octanol–water partition coefficient (Wildman–Crippen LogP) is 3.61. The molecule has 21 heavy (non-hydrogen) atoms. The maximum atomic E-state index is 12.3. The van der Waals surface area contributed by atoms with Gasteiger partial charge in [-0.3, -0.25) is 4.90 Å². The van der Waals surface area contributed by atoms with Gasteiger partial charge in [0, 0.05) is 32.3 Å². The van der Waals surface area contributed by atoms with E-state index in [0.29, 0.717) is 11.0 Å². The lowest BCUT2D eigenvalue weighted by atomic mass is 10.2. The molecule has 1 fully saturated rings. The van der Waals surface area contributed by atoms with E-state index in [0.717, 1.165) is 25.1 Å². The van der Waals surface area contributed by atoms with E-state index in [9.17, 15) is 13.2 Å². The fraction of sp³-hybridized carbons (Fsp3) is 0.571. The lowest BCUT2D eigenvalue weighted by molar-refractivity contribution is -0.153. The second-order valence-electron chi connectivity index (χ2n) is 5.01. The minimum Gasteiger partial charge on any atom is -0.483 e. The molecule has 1 atom stereocenters. The summed E-state index contributed by atoms with van der Waals surface area (Å²) in [6.45, 7) is 0.904. The molecular weight excluding hydrogens is 351 g/mol. The summed E-state index contributed by atoms with van der Waals surface area (Å²) in [6, 6.07) is 5.26. The van der Waals surface area contributed by atoms with Gasteiger partial charge in [0.25, 0.3) is 0 Å². The smallest absolute Gasteiger partial charge is 0.422 e. The minimum absolute atomic E-state index is 0.191. The van der Waals surface area contributed by atoms with Crippen molar-refractivity contribution in [3.8, 4) is 5.75 Å². The van der Waals surface area contributed by atoms with E-state index in [1.54, 1.807) is 25.3 Å². The Hall–Kier alpha value is -0.790. The van der Waals surface area contributed by atoms with E-state index < -0.39 is 12.8 Å². The summed E-state index contributed by atoms with van der Waals surface area (Å²) in [5, 5.41) is 0. The lowest BCUT2D eigenvalue weighted by Crippen LogP contribution is -2.24. The van der Waals surface area contributed by atoms with Gasteiger partial charge in [-0.1, -0.05) is 12.1 Å². The standard InChI is InChI=1S/C14H17BrF3NO2/c1-20-11-5-6-19(8-11)7-10-3-2-4-12(15)13(10)21-9-14(16,17)18/h2-4,11H,5-9H2,1H3. The first-order chi connectivity index (χ1) is 9.89. The summed E-state index contributed by atoms with van der Waals surface area (Å²) < 4.78 is 47.8. The van der Waals surface area contributed by atoms with Crippen LogP contribution in [0.1, 0.15) is 12.0 Å². The average Bonchev–Trinajstić information content (AvgIpc) is 2.84. The molecule has 7 heteroatoms. The molecule has 1 aromatic carbocycles. The maximum absolute atomic E-state index is 12.3. The molecule has 1 aromatic rings. The Balaban J connectivity index is 2.07. The molecule has 2 rings (SSSR count). The fourth-order valence-electron chi connectivity index (χ4n) is 2.37. The summed E-state index contributed by atoms with van der Waals surface area (Å²) in [5.74, 6) is 0.260. The Morgan fingerprint density at radius 3 is 2.76 bits per heavy atom. The van der Waals surface area contributed by atoms with Crippen LogP contribution in [0.4, 0.5) is 13.2 Å². The van der Waals surface area contributed by atoms with Crippen molar-refractivity contribution in [1.29, 1.82) is 0 Å².